The highest BCUT2D eigenvalue weighted by molar-refractivity contribution is 6.14. The fourth-order valence-corrected chi connectivity index (χ4v) is 9.68. The third-order valence-electron chi connectivity index (χ3n) is 12.5. The summed E-state index contributed by atoms with van der Waals surface area (Å²) in [6.07, 6.45) is 1.84. The van der Waals surface area contributed by atoms with E-state index in [0.717, 1.165) is 88.4 Å². The number of nitrogens with zero attached hydrogens (tertiary/aromatic N) is 6. The van der Waals surface area contributed by atoms with Crippen LogP contribution in [0.25, 0.3) is 94.1 Å². The molecule has 5 aromatic heterocycles. The molecule has 7 heteroatoms. The van der Waals surface area contributed by atoms with Crippen LogP contribution in [-0.4, -0.2) is 28.5 Å². The molecule has 0 atom stereocenters. The molecular weight excluding hydrogens is 761 g/mol. The first-order chi connectivity index (χ1) is 30.4. The zero-order chi connectivity index (χ0) is 41.6. The number of ether oxygens (including phenoxy) is 1. The highest BCUT2D eigenvalue weighted by Gasteiger charge is 2.25. The van der Waals surface area contributed by atoms with E-state index in [1.807, 2.05) is 24.4 Å². The molecule has 0 amide bonds. The number of rotatable bonds is 7. The van der Waals surface area contributed by atoms with Crippen molar-refractivity contribution in [3.05, 3.63) is 181 Å². The molecule has 0 aliphatic carbocycles. The van der Waals surface area contributed by atoms with Gasteiger partial charge in [0.1, 0.15) is 28.6 Å². The molecule has 12 rings (SSSR count). The minimum Gasteiger partial charge on any atom is -0.455 e. The summed E-state index contributed by atoms with van der Waals surface area (Å²) in [6.45, 7) is 9.10. The van der Waals surface area contributed by atoms with E-state index in [4.69, 9.17) is 19.7 Å². The first-order valence-electron chi connectivity index (χ1n) is 21.4. The lowest BCUT2D eigenvalue weighted by molar-refractivity contribution is 0.488. The van der Waals surface area contributed by atoms with Crippen LogP contribution in [-0.2, 0) is 0 Å². The first kappa shape index (κ1) is 36.1. The Kier molecular flexibility index (Phi) is 8.09. The van der Waals surface area contributed by atoms with Gasteiger partial charge in [0.25, 0.3) is 0 Å². The Morgan fingerprint density at radius 1 is 0.484 bits per heavy atom. The molecule has 298 valence electrons. The number of benzene rings is 7. The second kappa shape index (κ2) is 13.9. The monoisotopic (exact) mass is 802 g/mol. The maximum absolute atomic E-state index is 7.20. The lowest BCUT2D eigenvalue weighted by atomic mass is 9.92. The van der Waals surface area contributed by atoms with E-state index in [1.165, 1.54) is 16.8 Å². The van der Waals surface area contributed by atoms with Gasteiger partial charge >= 0.3 is 0 Å². The summed E-state index contributed by atoms with van der Waals surface area (Å²) in [7, 11) is 0. The Labute approximate surface area is 358 Å². The van der Waals surface area contributed by atoms with Crippen molar-refractivity contribution in [3.63, 3.8) is 0 Å². The van der Waals surface area contributed by atoms with Crippen molar-refractivity contribution in [2.75, 3.05) is 0 Å². The quantitative estimate of drug-likeness (QED) is 0.151. The molecule has 0 saturated heterocycles. The predicted octanol–water partition coefficient (Wildman–Crippen LogP) is 14.3. The summed E-state index contributed by atoms with van der Waals surface area (Å²) in [5.74, 6) is 3.61. The van der Waals surface area contributed by atoms with Crippen LogP contribution < -0.4 is 4.74 Å². The van der Waals surface area contributed by atoms with Gasteiger partial charge in [-0.05, 0) is 89.0 Å². The maximum Gasteiger partial charge on any atom is 0.156 e. The van der Waals surface area contributed by atoms with Gasteiger partial charge in [0.15, 0.2) is 5.75 Å². The van der Waals surface area contributed by atoms with Crippen LogP contribution in [0.4, 0.5) is 0 Å². The number of hydrogen-bond acceptors (Lipinski definition) is 4. The fourth-order valence-electron chi connectivity index (χ4n) is 9.68. The van der Waals surface area contributed by atoms with E-state index in [2.05, 4.69) is 187 Å². The van der Waals surface area contributed by atoms with E-state index < -0.39 is 0 Å². The molecule has 7 nitrogen and oxygen atoms in total. The standard InChI is InChI=1S/C55H42N6O/c1-33(2)37-20-15-21-38(34(3)4)53(37)61-47-25-12-9-22-44(47)57-54(61)35-30-49-52(58-55-43-19-6-5-16-39(43)40-17-7-11-24-46(40)60(49)55)50(31-35)62-36-27-28-42-41-18-8-10-23-45(41)59(48(42)32-36)51-26-13-14-29-56-51/h5-34H,1-4H3. The molecule has 0 unspecified atom stereocenters. The Bertz CT molecular complexity index is 3710. The van der Waals surface area contributed by atoms with Crippen molar-refractivity contribution in [2.24, 2.45) is 0 Å². The fraction of sp³-hybridized carbons (Fsp3) is 0.109. The summed E-state index contributed by atoms with van der Waals surface area (Å²) in [5, 5.41) is 5.69. The Hall–Kier alpha value is -7.77. The van der Waals surface area contributed by atoms with Gasteiger partial charge in [-0.3, -0.25) is 13.5 Å². The number of imidazole rings is 2. The zero-order valence-electron chi connectivity index (χ0n) is 34.9. The van der Waals surface area contributed by atoms with Crippen molar-refractivity contribution in [3.8, 4) is 34.4 Å². The van der Waals surface area contributed by atoms with E-state index >= 15 is 0 Å². The lowest BCUT2D eigenvalue weighted by Gasteiger charge is -2.22. The largest absolute Gasteiger partial charge is 0.455 e. The SMILES string of the molecule is CC(C)c1cccc(C(C)C)c1-n1c(-c2cc(Oc3ccc4c5ccccc5n(-c5ccccn5)c4c3)c3nc4c5ccccc5c5ccccc5n4c3c2)nc2ccccc21. The third kappa shape index (κ3) is 5.41. The topological polar surface area (TPSA) is 62.2 Å². The minimum absolute atomic E-state index is 0.286. The van der Waals surface area contributed by atoms with E-state index in [1.54, 1.807) is 0 Å². The average Bonchev–Trinajstić information content (AvgIpc) is 3.99. The molecule has 0 aliphatic rings. The summed E-state index contributed by atoms with van der Waals surface area (Å²) in [5.41, 5.74) is 12.4. The molecule has 5 heterocycles. The van der Waals surface area contributed by atoms with Crippen molar-refractivity contribution in [2.45, 2.75) is 39.5 Å². The first-order valence-corrected chi connectivity index (χ1v) is 21.4. The van der Waals surface area contributed by atoms with Gasteiger partial charge in [-0.25, -0.2) is 15.0 Å². The maximum atomic E-state index is 7.20. The molecule has 12 aromatic rings. The molecule has 0 saturated carbocycles. The highest BCUT2D eigenvalue weighted by Crippen LogP contribution is 2.43. The molecule has 62 heavy (non-hydrogen) atoms. The van der Waals surface area contributed by atoms with Gasteiger partial charge in [0.05, 0.1) is 38.8 Å². The van der Waals surface area contributed by atoms with E-state index in [9.17, 15) is 0 Å². The van der Waals surface area contributed by atoms with Crippen LogP contribution in [0.5, 0.6) is 11.5 Å². The van der Waals surface area contributed by atoms with Crippen LogP contribution in [0.3, 0.4) is 0 Å². The van der Waals surface area contributed by atoms with Crippen molar-refractivity contribution in [1.82, 2.24) is 28.5 Å². The van der Waals surface area contributed by atoms with Crippen LogP contribution in [0.2, 0.25) is 0 Å². The Morgan fingerprint density at radius 2 is 1.13 bits per heavy atom. The number of para-hydroxylation sites is 5. The molecule has 0 fully saturated rings. The highest BCUT2D eigenvalue weighted by atomic mass is 16.5. The summed E-state index contributed by atoms with van der Waals surface area (Å²) in [4.78, 5) is 15.7. The molecule has 0 aliphatic heterocycles. The molecule has 0 bridgehead atoms. The Morgan fingerprint density at radius 3 is 1.87 bits per heavy atom. The van der Waals surface area contributed by atoms with Gasteiger partial charge in [-0.1, -0.05) is 125 Å². The Balaban J connectivity index is 1.18. The van der Waals surface area contributed by atoms with Gasteiger partial charge in [0, 0.05) is 39.4 Å². The second-order valence-electron chi connectivity index (χ2n) is 16.9. The van der Waals surface area contributed by atoms with Crippen molar-refractivity contribution < 1.29 is 4.74 Å². The molecule has 0 spiro atoms. The summed E-state index contributed by atoms with van der Waals surface area (Å²) < 4.78 is 14.1. The average molecular weight is 803 g/mol. The third-order valence-corrected chi connectivity index (χ3v) is 12.5. The summed E-state index contributed by atoms with van der Waals surface area (Å²) >= 11 is 0. The van der Waals surface area contributed by atoms with Gasteiger partial charge in [-0.15, -0.1) is 0 Å². The molecule has 0 radical (unpaired) electrons. The van der Waals surface area contributed by atoms with Gasteiger partial charge in [-0.2, -0.15) is 0 Å². The number of hydrogen-bond donors (Lipinski definition) is 0. The molecular formula is C55H42N6O. The smallest absolute Gasteiger partial charge is 0.156 e. The number of pyridine rings is 2. The number of aromatic nitrogens is 6. The predicted molar refractivity (Wildman–Crippen MR) is 255 cm³/mol. The van der Waals surface area contributed by atoms with E-state index in [0.29, 0.717) is 11.5 Å². The van der Waals surface area contributed by atoms with Crippen LogP contribution >= 0.6 is 0 Å². The lowest BCUT2D eigenvalue weighted by Crippen LogP contribution is -2.08. The number of fused-ring (bicyclic) bond motifs is 12. The normalized spacial score (nSPS) is 12.2. The summed E-state index contributed by atoms with van der Waals surface area (Å²) in [6, 6.07) is 57.7. The van der Waals surface area contributed by atoms with Gasteiger partial charge < -0.3 is 4.74 Å². The molecule has 7 aromatic carbocycles. The van der Waals surface area contributed by atoms with Gasteiger partial charge in [0.2, 0.25) is 0 Å². The van der Waals surface area contributed by atoms with Crippen molar-refractivity contribution >= 4 is 71.2 Å². The van der Waals surface area contributed by atoms with E-state index in [-0.39, 0.29) is 11.8 Å². The molecule has 0 N–H and O–H groups in total. The zero-order valence-corrected chi connectivity index (χ0v) is 34.9. The van der Waals surface area contributed by atoms with Crippen LogP contribution in [0.1, 0.15) is 50.7 Å². The second-order valence-corrected chi connectivity index (χ2v) is 16.9. The van der Waals surface area contributed by atoms with Crippen molar-refractivity contribution in [1.29, 1.82) is 0 Å². The van der Waals surface area contributed by atoms with Crippen LogP contribution in [0, 0.1) is 0 Å². The van der Waals surface area contributed by atoms with Crippen LogP contribution in [0.15, 0.2) is 170 Å². The minimum atomic E-state index is 0.286.